The molecule has 0 saturated heterocycles. The fourth-order valence-corrected chi connectivity index (χ4v) is 2.07. The van der Waals surface area contributed by atoms with E-state index in [2.05, 4.69) is 10.3 Å². The maximum absolute atomic E-state index is 10.0. The first-order valence-electron chi connectivity index (χ1n) is 7.22. The van der Waals surface area contributed by atoms with Crippen molar-refractivity contribution in [3.05, 3.63) is 48.0 Å². The Hall–Kier alpha value is -1.56. The Morgan fingerprint density at radius 1 is 1.36 bits per heavy atom. The molecule has 0 bridgehead atoms. The van der Waals surface area contributed by atoms with Gasteiger partial charge in [0.25, 0.3) is 0 Å². The van der Waals surface area contributed by atoms with Crippen LogP contribution in [0.25, 0.3) is 0 Å². The van der Waals surface area contributed by atoms with E-state index >= 15 is 0 Å². The zero-order chi connectivity index (χ0) is 16.0. The Bertz CT molecular complexity index is 555. The number of rotatable bonds is 8. The van der Waals surface area contributed by atoms with Gasteiger partial charge in [0.05, 0.1) is 19.0 Å². The quantitative estimate of drug-likeness (QED) is 0.783. The average molecular weight is 324 g/mol. The van der Waals surface area contributed by atoms with Crippen molar-refractivity contribution in [3.8, 4) is 5.75 Å². The van der Waals surface area contributed by atoms with Crippen LogP contribution in [-0.2, 0) is 6.54 Å². The molecule has 0 radical (unpaired) electrons. The second-order valence-electron chi connectivity index (χ2n) is 5.92. The molecule has 0 spiro atoms. The average Bonchev–Trinajstić information content (AvgIpc) is 2.98. The molecule has 2 N–H and O–H groups in total. The van der Waals surface area contributed by atoms with Crippen LogP contribution in [0.2, 0.25) is 5.02 Å². The topological polar surface area (TPSA) is 59.3 Å². The van der Waals surface area contributed by atoms with E-state index < -0.39 is 6.10 Å². The molecule has 1 unspecified atom stereocenters. The summed E-state index contributed by atoms with van der Waals surface area (Å²) in [4.78, 5) is 3.96. The number of hydrogen-bond donors (Lipinski definition) is 2. The van der Waals surface area contributed by atoms with Crippen LogP contribution >= 0.6 is 11.6 Å². The molecule has 22 heavy (non-hydrogen) atoms. The third-order valence-corrected chi connectivity index (χ3v) is 3.46. The lowest BCUT2D eigenvalue weighted by atomic mass is 10.1. The van der Waals surface area contributed by atoms with Crippen molar-refractivity contribution in [2.75, 3.05) is 13.2 Å². The molecule has 120 valence electrons. The van der Waals surface area contributed by atoms with Crippen molar-refractivity contribution in [1.29, 1.82) is 0 Å². The molecule has 5 nitrogen and oxygen atoms in total. The third-order valence-electron chi connectivity index (χ3n) is 3.21. The molecule has 0 aliphatic heterocycles. The van der Waals surface area contributed by atoms with Crippen LogP contribution in [0.4, 0.5) is 0 Å². The highest BCUT2D eigenvalue weighted by Crippen LogP contribution is 2.17. The van der Waals surface area contributed by atoms with Crippen molar-refractivity contribution >= 4 is 11.6 Å². The number of benzene rings is 1. The molecular formula is C16H22ClN3O2. The first-order chi connectivity index (χ1) is 10.4. The van der Waals surface area contributed by atoms with Crippen molar-refractivity contribution in [2.24, 2.45) is 0 Å². The lowest BCUT2D eigenvalue weighted by Crippen LogP contribution is -2.48. The van der Waals surface area contributed by atoms with Gasteiger partial charge in [0.2, 0.25) is 0 Å². The number of nitrogens with zero attached hydrogens (tertiary/aromatic N) is 2. The molecule has 1 aromatic heterocycles. The molecule has 0 aliphatic rings. The fraction of sp³-hybridized carbons (Fsp3) is 0.438. The normalized spacial score (nSPS) is 13.1. The van der Waals surface area contributed by atoms with Gasteiger partial charge < -0.3 is 19.7 Å². The SMILES string of the molecule is CC(C)(COc1ccc(Cl)cc1)NCC(O)Cn1ccnc1. The van der Waals surface area contributed by atoms with Crippen molar-refractivity contribution in [2.45, 2.75) is 32.0 Å². The van der Waals surface area contributed by atoms with Crippen LogP contribution in [0.1, 0.15) is 13.8 Å². The Morgan fingerprint density at radius 2 is 2.09 bits per heavy atom. The van der Waals surface area contributed by atoms with Gasteiger partial charge in [-0.3, -0.25) is 0 Å². The van der Waals surface area contributed by atoms with Crippen LogP contribution in [-0.4, -0.2) is 39.5 Å². The summed E-state index contributed by atoms with van der Waals surface area (Å²) in [6, 6.07) is 7.27. The van der Waals surface area contributed by atoms with Gasteiger partial charge >= 0.3 is 0 Å². The van der Waals surface area contributed by atoms with E-state index in [-0.39, 0.29) is 5.54 Å². The highest BCUT2D eigenvalue weighted by molar-refractivity contribution is 6.30. The van der Waals surface area contributed by atoms with E-state index in [4.69, 9.17) is 16.3 Å². The number of imidazole rings is 1. The number of aromatic nitrogens is 2. The van der Waals surface area contributed by atoms with Gasteiger partial charge in [0.15, 0.2) is 0 Å². The first kappa shape index (κ1) is 16.8. The highest BCUT2D eigenvalue weighted by atomic mass is 35.5. The van der Waals surface area contributed by atoms with E-state index in [1.165, 1.54) is 0 Å². The maximum atomic E-state index is 10.0. The predicted octanol–water partition coefficient (Wildman–Crippen LogP) is 2.34. The summed E-state index contributed by atoms with van der Waals surface area (Å²) >= 11 is 5.84. The number of nitrogens with one attached hydrogen (secondary N) is 1. The summed E-state index contributed by atoms with van der Waals surface area (Å²) < 4.78 is 7.60. The minimum Gasteiger partial charge on any atom is -0.492 e. The fourth-order valence-electron chi connectivity index (χ4n) is 1.94. The summed E-state index contributed by atoms with van der Waals surface area (Å²) in [5.41, 5.74) is -0.254. The van der Waals surface area contributed by atoms with Gasteiger partial charge in [0.1, 0.15) is 12.4 Å². The van der Waals surface area contributed by atoms with Gasteiger partial charge in [-0.15, -0.1) is 0 Å². The number of ether oxygens (including phenoxy) is 1. The van der Waals surface area contributed by atoms with Gasteiger partial charge in [-0.1, -0.05) is 11.6 Å². The maximum Gasteiger partial charge on any atom is 0.119 e. The first-order valence-corrected chi connectivity index (χ1v) is 7.60. The predicted molar refractivity (Wildman–Crippen MR) is 87.3 cm³/mol. The summed E-state index contributed by atoms with van der Waals surface area (Å²) in [6.07, 6.45) is 4.74. The number of β-amino-alcohol motifs (C(OH)–C–C–N with tert-alkyl or cyclic N) is 1. The third kappa shape index (κ3) is 5.67. The van der Waals surface area contributed by atoms with Gasteiger partial charge in [-0.25, -0.2) is 4.98 Å². The summed E-state index contributed by atoms with van der Waals surface area (Å²) in [7, 11) is 0. The van der Waals surface area contributed by atoms with Crippen LogP contribution in [0.15, 0.2) is 43.0 Å². The van der Waals surface area contributed by atoms with Crippen molar-refractivity contribution in [3.63, 3.8) is 0 Å². The Balaban J connectivity index is 1.74. The Labute approximate surface area is 135 Å². The molecule has 0 fully saturated rings. The largest absolute Gasteiger partial charge is 0.492 e. The molecule has 1 aromatic carbocycles. The molecule has 2 rings (SSSR count). The van der Waals surface area contributed by atoms with Gasteiger partial charge in [0, 0.05) is 29.5 Å². The molecule has 2 aromatic rings. The van der Waals surface area contributed by atoms with Crippen LogP contribution in [0, 0.1) is 0 Å². The Kier molecular flexibility index (Phi) is 5.83. The van der Waals surface area contributed by atoms with Crippen LogP contribution in [0.5, 0.6) is 5.75 Å². The van der Waals surface area contributed by atoms with Gasteiger partial charge in [-0.05, 0) is 38.1 Å². The zero-order valence-corrected chi connectivity index (χ0v) is 13.6. The summed E-state index contributed by atoms with van der Waals surface area (Å²) in [5, 5.41) is 14.0. The van der Waals surface area contributed by atoms with Crippen LogP contribution < -0.4 is 10.1 Å². The monoisotopic (exact) mass is 323 g/mol. The van der Waals surface area contributed by atoms with E-state index in [1.54, 1.807) is 24.7 Å². The lowest BCUT2D eigenvalue weighted by Gasteiger charge is -2.28. The highest BCUT2D eigenvalue weighted by Gasteiger charge is 2.19. The minimum atomic E-state index is -0.482. The van der Waals surface area contributed by atoms with Crippen LogP contribution in [0.3, 0.4) is 0 Å². The van der Waals surface area contributed by atoms with E-state index in [0.29, 0.717) is 24.7 Å². The summed E-state index contributed by atoms with van der Waals surface area (Å²) in [5.74, 6) is 0.776. The summed E-state index contributed by atoms with van der Waals surface area (Å²) in [6.45, 7) is 5.56. The molecule has 0 aliphatic carbocycles. The standard InChI is InChI=1S/C16H22ClN3O2/c1-16(2,11-22-15-5-3-13(17)4-6-15)19-9-14(21)10-20-8-7-18-12-20/h3-8,12,14,19,21H,9-11H2,1-2H3. The molecule has 0 amide bonds. The van der Waals surface area contributed by atoms with Crippen molar-refractivity contribution in [1.82, 2.24) is 14.9 Å². The van der Waals surface area contributed by atoms with Gasteiger partial charge in [-0.2, -0.15) is 0 Å². The zero-order valence-electron chi connectivity index (χ0n) is 12.9. The molecule has 1 heterocycles. The van der Waals surface area contributed by atoms with E-state index in [1.807, 2.05) is 36.7 Å². The molecule has 6 heteroatoms. The second kappa shape index (κ2) is 7.63. The smallest absolute Gasteiger partial charge is 0.119 e. The van der Waals surface area contributed by atoms with E-state index in [9.17, 15) is 5.11 Å². The lowest BCUT2D eigenvalue weighted by molar-refractivity contribution is 0.127. The molecule has 1 atom stereocenters. The van der Waals surface area contributed by atoms with E-state index in [0.717, 1.165) is 5.75 Å². The molecule has 0 saturated carbocycles. The second-order valence-corrected chi connectivity index (χ2v) is 6.36. The number of aliphatic hydroxyl groups is 1. The minimum absolute atomic E-state index is 0.254. The Morgan fingerprint density at radius 3 is 2.73 bits per heavy atom. The van der Waals surface area contributed by atoms with Crippen molar-refractivity contribution < 1.29 is 9.84 Å². The number of aliphatic hydroxyl groups excluding tert-OH is 1. The number of halogens is 1. The number of hydrogen-bond acceptors (Lipinski definition) is 4. The molecular weight excluding hydrogens is 302 g/mol.